The van der Waals surface area contributed by atoms with Gasteiger partial charge in [-0.1, -0.05) is 42.5 Å². The first kappa shape index (κ1) is 19.9. The fraction of sp³-hybridized carbons (Fsp3) is 0.364. The van der Waals surface area contributed by atoms with Crippen molar-refractivity contribution in [3.8, 4) is 5.75 Å². The zero-order chi connectivity index (χ0) is 19.8. The predicted molar refractivity (Wildman–Crippen MR) is 107 cm³/mol. The summed E-state index contributed by atoms with van der Waals surface area (Å²) in [5.41, 5.74) is 1.77. The number of hydrogen-bond acceptors (Lipinski definition) is 4. The molecule has 1 aliphatic heterocycles. The molecule has 6 heteroatoms. The summed E-state index contributed by atoms with van der Waals surface area (Å²) in [7, 11) is 0. The zero-order valence-electron chi connectivity index (χ0n) is 16.1. The van der Waals surface area contributed by atoms with Crippen molar-refractivity contribution in [1.82, 2.24) is 5.32 Å². The third kappa shape index (κ3) is 5.33. The second kappa shape index (κ2) is 9.90. The Morgan fingerprint density at radius 1 is 1.18 bits per heavy atom. The summed E-state index contributed by atoms with van der Waals surface area (Å²) in [6.07, 6.45) is 0.979. The molecule has 1 heterocycles. The molecule has 28 heavy (non-hydrogen) atoms. The van der Waals surface area contributed by atoms with E-state index < -0.39 is 0 Å². The van der Waals surface area contributed by atoms with Crippen LogP contribution in [0.4, 0.5) is 5.69 Å². The lowest BCUT2D eigenvalue weighted by Crippen LogP contribution is -2.41. The number of ether oxygens (including phenoxy) is 2. The lowest BCUT2D eigenvalue weighted by molar-refractivity contribution is -0.124. The summed E-state index contributed by atoms with van der Waals surface area (Å²) in [5.74, 6) is 0.325. The van der Waals surface area contributed by atoms with Gasteiger partial charge >= 0.3 is 0 Å². The van der Waals surface area contributed by atoms with Crippen molar-refractivity contribution in [2.45, 2.75) is 25.9 Å². The maximum Gasteiger partial charge on any atom is 0.240 e. The molecule has 0 spiro atoms. The number of para-hydroxylation sites is 2. The van der Waals surface area contributed by atoms with E-state index in [1.165, 1.54) is 4.90 Å². The van der Waals surface area contributed by atoms with Gasteiger partial charge in [-0.05, 0) is 31.0 Å². The van der Waals surface area contributed by atoms with Crippen LogP contribution in [0.15, 0.2) is 54.6 Å². The molecule has 2 amide bonds. The number of hydrogen-bond donors (Lipinski definition) is 1. The molecule has 6 nitrogen and oxygen atoms in total. The fourth-order valence-electron chi connectivity index (χ4n) is 3.07. The van der Waals surface area contributed by atoms with Gasteiger partial charge in [0.1, 0.15) is 12.3 Å². The number of carbonyl (C=O) groups is 2. The average molecular weight is 382 g/mol. The Bertz CT molecular complexity index is 794. The van der Waals surface area contributed by atoms with Gasteiger partial charge < -0.3 is 14.8 Å². The van der Waals surface area contributed by atoms with Crippen LogP contribution in [0, 0.1) is 0 Å². The molecule has 0 radical (unpaired) electrons. The molecular formula is C22H26N2O4. The van der Waals surface area contributed by atoms with Gasteiger partial charge in [-0.25, -0.2) is 0 Å². The SMILES string of the molecule is CC(OCCCNC(=O)CN1C(=O)CCOc2ccccc21)c1ccccc1. The average Bonchev–Trinajstić information content (AvgIpc) is 2.87. The number of benzene rings is 2. The van der Waals surface area contributed by atoms with Crippen LogP contribution in [0.2, 0.25) is 0 Å². The Labute approximate surface area is 165 Å². The molecule has 2 aromatic carbocycles. The minimum atomic E-state index is -0.193. The van der Waals surface area contributed by atoms with E-state index in [0.29, 0.717) is 37.6 Å². The number of nitrogens with one attached hydrogen (secondary N) is 1. The van der Waals surface area contributed by atoms with Crippen LogP contribution in [-0.4, -0.2) is 38.1 Å². The van der Waals surface area contributed by atoms with E-state index in [0.717, 1.165) is 5.56 Å². The standard InChI is InChI=1S/C22H26N2O4/c1-17(18-8-3-2-4-9-18)27-14-7-13-23-21(25)16-24-19-10-5-6-11-20(19)28-15-12-22(24)26/h2-6,8-11,17H,7,12-16H2,1H3,(H,23,25). The molecular weight excluding hydrogens is 356 g/mol. The molecule has 1 unspecified atom stereocenters. The number of amides is 2. The van der Waals surface area contributed by atoms with Crippen LogP contribution in [0.5, 0.6) is 5.75 Å². The van der Waals surface area contributed by atoms with E-state index in [1.54, 1.807) is 6.07 Å². The van der Waals surface area contributed by atoms with Gasteiger partial charge in [0.15, 0.2) is 0 Å². The molecule has 1 atom stereocenters. The maximum atomic E-state index is 12.3. The monoisotopic (exact) mass is 382 g/mol. The topological polar surface area (TPSA) is 67.9 Å². The summed E-state index contributed by atoms with van der Waals surface area (Å²) in [4.78, 5) is 26.1. The summed E-state index contributed by atoms with van der Waals surface area (Å²) < 4.78 is 11.4. The lowest BCUT2D eigenvalue weighted by atomic mass is 10.1. The van der Waals surface area contributed by atoms with E-state index in [1.807, 2.05) is 55.5 Å². The van der Waals surface area contributed by atoms with Gasteiger partial charge in [-0.15, -0.1) is 0 Å². The largest absolute Gasteiger partial charge is 0.491 e. The van der Waals surface area contributed by atoms with E-state index in [2.05, 4.69) is 5.32 Å². The molecule has 3 rings (SSSR count). The summed E-state index contributed by atoms with van der Waals surface area (Å²) >= 11 is 0. The Morgan fingerprint density at radius 2 is 1.93 bits per heavy atom. The summed E-state index contributed by atoms with van der Waals surface area (Å²) in [5, 5.41) is 2.86. The van der Waals surface area contributed by atoms with Crippen molar-refractivity contribution in [3.63, 3.8) is 0 Å². The smallest absolute Gasteiger partial charge is 0.240 e. The van der Waals surface area contributed by atoms with Crippen molar-refractivity contribution < 1.29 is 19.1 Å². The molecule has 2 aromatic rings. The van der Waals surface area contributed by atoms with E-state index in [9.17, 15) is 9.59 Å². The third-order valence-electron chi connectivity index (χ3n) is 4.61. The molecule has 148 valence electrons. The van der Waals surface area contributed by atoms with Gasteiger partial charge in [0.25, 0.3) is 0 Å². The minimum absolute atomic E-state index is 0.0134. The van der Waals surface area contributed by atoms with Crippen LogP contribution in [-0.2, 0) is 14.3 Å². The van der Waals surface area contributed by atoms with Crippen molar-refractivity contribution in [2.75, 3.05) is 31.2 Å². The molecule has 0 saturated carbocycles. The predicted octanol–water partition coefficient (Wildman–Crippen LogP) is 3.09. The van der Waals surface area contributed by atoms with E-state index in [-0.39, 0.29) is 30.9 Å². The highest BCUT2D eigenvalue weighted by atomic mass is 16.5. The second-order valence-electron chi connectivity index (χ2n) is 6.67. The minimum Gasteiger partial charge on any atom is -0.491 e. The van der Waals surface area contributed by atoms with Crippen LogP contribution >= 0.6 is 0 Å². The zero-order valence-corrected chi connectivity index (χ0v) is 16.1. The van der Waals surface area contributed by atoms with E-state index in [4.69, 9.17) is 9.47 Å². The van der Waals surface area contributed by atoms with Crippen LogP contribution in [0.25, 0.3) is 0 Å². The summed E-state index contributed by atoms with van der Waals surface area (Å²) in [6.45, 7) is 3.37. The molecule has 1 N–H and O–H groups in total. The first-order chi connectivity index (χ1) is 13.6. The highest BCUT2D eigenvalue weighted by Gasteiger charge is 2.24. The second-order valence-corrected chi connectivity index (χ2v) is 6.67. The normalized spacial score (nSPS) is 14.6. The van der Waals surface area contributed by atoms with Crippen molar-refractivity contribution >= 4 is 17.5 Å². The number of nitrogens with zero attached hydrogens (tertiary/aromatic N) is 1. The summed E-state index contributed by atoms with van der Waals surface area (Å²) in [6, 6.07) is 17.3. The number of anilines is 1. The maximum absolute atomic E-state index is 12.3. The number of carbonyl (C=O) groups excluding carboxylic acids is 2. The molecule has 0 saturated heterocycles. The molecule has 0 aromatic heterocycles. The van der Waals surface area contributed by atoms with Crippen molar-refractivity contribution in [3.05, 3.63) is 60.2 Å². The molecule has 0 aliphatic carbocycles. The Balaban J connectivity index is 1.42. The highest BCUT2D eigenvalue weighted by molar-refractivity contribution is 6.00. The number of rotatable bonds is 8. The van der Waals surface area contributed by atoms with Crippen molar-refractivity contribution in [1.29, 1.82) is 0 Å². The molecule has 0 fully saturated rings. The first-order valence-electron chi connectivity index (χ1n) is 9.60. The molecule has 1 aliphatic rings. The van der Waals surface area contributed by atoms with Crippen LogP contribution in [0.1, 0.15) is 31.4 Å². The van der Waals surface area contributed by atoms with Crippen LogP contribution in [0.3, 0.4) is 0 Å². The van der Waals surface area contributed by atoms with Gasteiger partial charge in [-0.2, -0.15) is 0 Å². The fourth-order valence-corrected chi connectivity index (χ4v) is 3.07. The van der Waals surface area contributed by atoms with Crippen LogP contribution < -0.4 is 15.0 Å². The quantitative estimate of drug-likeness (QED) is 0.713. The van der Waals surface area contributed by atoms with Gasteiger partial charge in [0.05, 0.1) is 24.8 Å². The van der Waals surface area contributed by atoms with Gasteiger partial charge in [0, 0.05) is 13.2 Å². The first-order valence-corrected chi connectivity index (χ1v) is 9.60. The lowest BCUT2D eigenvalue weighted by Gasteiger charge is -2.21. The van der Waals surface area contributed by atoms with Gasteiger partial charge in [0.2, 0.25) is 11.8 Å². The Kier molecular flexibility index (Phi) is 7.03. The van der Waals surface area contributed by atoms with Crippen molar-refractivity contribution in [2.24, 2.45) is 0 Å². The van der Waals surface area contributed by atoms with E-state index >= 15 is 0 Å². The Hall–Kier alpha value is -2.86. The van der Waals surface area contributed by atoms with Gasteiger partial charge in [-0.3, -0.25) is 14.5 Å². The Morgan fingerprint density at radius 3 is 2.75 bits per heavy atom. The molecule has 0 bridgehead atoms. The highest BCUT2D eigenvalue weighted by Crippen LogP contribution is 2.30. The third-order valence-corrected chi connectivity index (χ3v) is 4.61. The number of fused-ring (bicyclic) bond motifs is 1.